The standard InChI is InChI=1S/C10H15NS.C2H6/c1-3-8-5-6-10(12)9(7-8)11-4-2;1-2/h5-7,11-12H,3-4H2,1-2H3;1-2H3. The number of nitrogens with one attached hydrogen (secondary N) is 1. The van der Waals surface area contributed by atoms with E-state index in [9.17, 15) is 0 Å². The second-order valence-electron chi connectivity index (χ2n) is 2.74. The highest BCUT2D eigenvalue weighted by molar-refractivity contribution is 7.80. The van der Waals surface area contributed by atoms with Crippen LogP contribution in [0.2, 0.25) is 0 Å². The molecule has 0 amide bonds. The molecule has 1 aromatic carbocycles. The Hall–Kier alpha value is -0.630. The molecule has 1 aromatic rings. The van der Waals surface area contributed by atoms with Crippen molar-refractivity contribution in [2.45, 2.75) is 39.0 Å². The van der Waals surface area contributed by atoms with Gasteiger partial charge in [-0.1, -0.05) is 26.8 Å². The zero-order valence-corrected chi connectivity index (χ0v) is 10.5. The molecule has 0 fully saturated rings. The molecule has 1 rings (SSSR count). The number of aryl methyl sites for hydroxylation is 1. The fraction of sp³-hybridized carbons (Fsp3) is 0.500. The molecular formula is C12H21NS. The van der Waals surface area contributed by atoms with Crippen LogP contribution in [0, 0.1) is 0 Å². The predicted octanol–water partition coefficient (Wildman–Crippen LogP) is 4.00. The Morgan fingerprint density at radius 2 is 1.86 bits per heavy atom. The van der Waals surface area contributed by atoms with E-state index in [0.717, 1.165) is 23.5 Å². The Bertz CT molecular complexity index is 258. The first-order valence-electron chi connectivity index (χ1n) is 5.33. The number of rotatable bonds is 3. The van der Waals surface area contributed by atoms with Gasteiger partial charge in [-0.15, -0.1) is 12.6 Å². The average molecular weight is 211 g/mol. The third kappa shape index (κ3) is 4.05. The van der Waals surface area contributed by atoms with Crippen LogP contribution in [0.15, 0.2) is 23.1 Å². The topological polar surface area (TPSA) is 12.0 Å². The van der Waals surface area contributed by atoms with Crippen molar-refractivity contribution in [2.24, 2.45) is 0 Å². The summed E-state index contributed by atoms with van der Waals surface area (Å²) < 4.78 is 0. The molecule has 0 bridgehead atoms. The van der Waals surface area contributed by atoms with E-state index in [1.807, 2.05) is 19.9 Å². The summed E-state index contributed by atoms with van der Waals surface area (Å²) in [5.41, 5.74) is 2.49. The molecule has 2 heteroatoms. The van der Waals surface area contributed by atoms with E-state index in [-0.39, 0.29) is 0 Å². The summed E-state index contributed by atoms with van der Waals surface area (Å²) in [6.45, 7) is 9.19. The lowest BCUT2D eigenvalue weighted by Crippen LogP contribution is -1.98. The first kappa shape index (κ1) is 13.4. The second-order valence-corrected chi connectivity index (χ2v) is 3.22. The van der Waals surface area contributed by atoms with Crippen molar-refractivity contribution in [3.63, 3.8) is 0 Å². The molecule has 80 valence electrons. The zero-order valence-electron chi connectivity index (χ0n) is 9.59. The molecule has 0 radical (unpaired) electrons. The molecule has 0 atom stereocenters. The van der Waals surface area contributed by atoms with Gasteiger partial charge in [-0.2, -0.15) is 0 Å². The lowest BCUT2D eigenvalue weighted by atomic mass is 10.1. The minimum absolute atomic E-state index is 0.945. The van der Waals surface area contributed by atoms with Gasteiger partial charge in [-0.25, -0.2) is 0 Å². The molecular weight excluding hydrogens is 190 g/mol. The summed E-state index contributed by atoms with van der Waals surface area (Å²) in [6.07, 6.45) is 1.08. The second kappa shape index (κ2) is 7.74. The summed E-state index contributed by atoms with van der Waals surface area (Å²) >= 11 is 4.36. The molecule has 0 heterocycles. The number of anilines is 1. The van der Waals surface area contributed by atoms with Gasteiger partial charge in [0, 0.05) is 17.1 Å². The Morgan fingerprint density at radius 1 is 1.21 bits per heavy atom. The molecule has 0 aliphatic rings. The van der Waals surface area contributed by atoms with Crippen molar-refractivity contribution in [3.05, 3.63) is 23.8 Å². The van der Waals surface area contributed by atoms with Gasteiger partial charge in [0.1, 0.15) is 0 Å². The maximum atomic E-state index is 4.36. The van der Waals surface area contributed by atoms with Crippen LogP contribution in [-0.4, -0.2) is 6.54 Å². The largest absolute Gasteiger partial charge is 0.384 e. The fourth-order valence-electron chi connectivity index (χ4n) is 1.14. The van der Waals surface area contributed by atoms with Crippen molar-refractivity contribution >= 4 is 18.3 Å². The minimum atomic E-state index is 0.945. The lowest BCUT2D eigenvalue weighted by molar-refractivity contribution is 1.12. The molecule has 1 nitrogen and oxygen atoms in total. The molecule has 0 aliphatic carbocycles. The molecule has 0 saturated heterocycles. The van der Waals surface area contributed by atoms with Gasteiger partial charge >= 0.3 is 0 Å². The van der Waals surface area contributed by atoms with E-state index in [0.29, 0.717) is 0 Å². The Kier molecular flexibility index (Phi) is 7.40. The van der Waals surface area contributed by atoms with Crippen LogP contribution in [-0.2, 0) is 6.42 Å². The molecule has 14 heavy (non-hydrogen) atoms. The monoisotopic (exact) mass is 211 g/mol. The van der Waals surface area contributed by atoms with E-state index in [2.05, 4.69) is 43.9 Å². The highest BCUT2D eigenvalue weighted by Gasteiger charge is 1.97. The molecule has 0 aliphatic heterocycles. The van der Waals surface area contributed by atoms with Crippen LogP contribution in [0.4, 0.5) is 5.69 Å². The summed E-state index contributed by atoms with van der Waals surface area (Å²) in [7, 11) is 0. The van der Waals surface area contributed by atoms with Crippen LogP contribution in [0.5, 0.6) is 0 Å². The molecule has 1 N–H and O–H groups in total. The molecule has 0 aromatic heterocycles. The fourth-order valence-corrected chi connectivity index (χ4v) is 1.35. The normalized spacial score (nSPS) is 8.93. The maximum absolute atomic E-state index is 4.36. The third-order valence-electron chi connectivity index (χ3n) is 1.84. The lowest BCUT2D eigenvalue weighted by Gasteiger charge is -2.07. The molecule has 0 unspecified atom stereocenters. The smallest absolute Gasteiger partial charge is 0.0478 e. The van der Waals surface area contributed by atoms with Crippen molar-refractivity contribution < 1.29 is 0 Å². The number of benzene rings is 1. The Morgan fingerprint density at radius 3 is 2.36 bits per heavy atom. The zero-order chi connectivity index (χ0) is 11.0. The number of thiol groups is 1. The third-order valence-corrected chi connectivity index (χ3v) is 2.23. The Labute approximate surface area is 93.3 Å². The van der Waals surface area contributed by atoms with Crippen molar-refractivity contribution in [2.75, 3.05) is 11.9 Å². The van der Waals surface area contributed by atoms with Crippen LogP contribution >= 0.6 is 12.6 Å². The van der Waals surface area contributed by atoms with Gasteiger partial charge < -0.3 is 5.32 Å². The predicted molar refractivity (Wildman–Crippen MR) is 68.6 cm³/mol. The number of hydrogen-bond donors (Lipinski definition) is 2. The van der Waals surface area contributed by atoms with Crippen LogP contribution in [0.3, 0.4) is 0 Å². The van der Waals surface area contributed by atoms with E-state index in [1.165, 1.54) is 5.56 Å². The van der Waals surface area contributed by atoms with Crippen LogP contribution < -0.4 is 5.32 Å². The Balaban J connectivity index is 0.000000791. The first-order chi connectivity index (χ1) is 6.77. The average Bonchev–Trinajstić information content (AvgIpc) is 2.24. The van der Waals surface area contributed by atoms with Gasteiger partial charge in [0.15, 0.2) is 0 Å². The van der Waals surface area contributed by atoms with E-state index >= 15 is 0 Å². The van der Waals surface area contributed by atoms with E-state index in [4.69, 9.17) is 0 Å². The molecule has 0 spiro atoms. The van der Waals surface area contributed by atoms with Crippen molar-refractivity contribution in [3.8, 4) is 0 Å². The van der Waals surface area contributed by atoms with Gasteiger partial charge in [-0.05, 0) is 31.0 Å². The van der Waals surface area contributed by atoms with Gasteiger partial charge in [0.2, 0.25) is 0 Å². The highest BCUT2D eigenvalue weighted by Crippen LogP contribution is 2.21. The van der Waals surface area contributed by atoms with E-state index < -0.39 is 0 Å². The van der Waals surface area contributed by atoms with Crippen molar-refractivity contribution in [1.82, 2.24) is 0 Å². The van der Waals surface area contributed by atoms with Crippen LogP contribution in [0.25, 0.3) is 0 Å². The highest BCUT2D eigenvalue weighted by atomic mass is 32.1. The van der Waals surface area contributed by atoms with Gasteiger partial charge in [-0.3, -0.25) is 0 Å². The van der Waals surface area contributed by atoms with Crippen molar-refractivity contribution in [1.29, 1.82) is 0 Å². The minimum Gasteiger partial charge on any atom is -0.384 e. The molecule has 0 saturated carbocycles. The quantitative estimate of drug-likeness (QED) is 0.720. The first-order valence-corrected chi connectivity index (χ1v) is 5.78. The van der Waals surface area contributed by atoms with Gasteiger partial charge in [0.05, 0.1) is 0 Å². The maximum Gasteiger partial charge on any atom is 0.0478 e. The van der Waals surface area contributed by atoms with Crippen LogP contribution in [0.1, 0.15) is 33.3 Å². The van der Waals surface area contributed by atoms with Gasteiger partial charge in [0.25, 0.3) is 0 Å². The summed E-state index contributed by atoms with van der Waals surface area (Å²) in [5, 5.41) is 3.27. The SMILES string of the molecule is CC.CCNc1cc(CC)ccc1S. The number of hydrogen-bond acceptors (Lipinski definition) is 2. The summed E-state index contributed by atoms with van der Waals surface area (Å²) in [5.74, 6) is 0. The van der Waals surface area contributed by atoms with E-state index in [1.54, 1.807) is 0 Å². The summed E-state index contributed by atoms with van der Waals surface area (Å²) in [4.78, 5) is 1.02. The summed E-state index contributed by atoms with van der Waals surface area (Å²) in [6, 6.07) is 6.31.